The van der Waals surface area contributed by atoms with Gasteiger partial charge in [0.25, 0.3) is 0 Å². The van der Waals surface area contributed by atoms with Gasteiger partial charge in [0.2, 0.25) is 0 Å². The normalized spacial score (nSPS) is 11.5. The number of nitrogens with zero attached hydrogens (tertiary/aromatic N) is 2. The maximum absolute atomic E-state index is 12.8. The van der Waals surface area contributed by atoms with Crippen LogP contribution in [-0.2, 0) is 0 Å². The van der Waals surface area contributed by atoms with Crippen molar-refractivity contribution < 1.29 is 14.6 Å². The van der Waals surface area contributed by atoms with Crippen molar-refractivity contribution in [3.63, 3.8) is 0 Å². The molecule has 0 saturated carbocycles. The lowest BCUT2D eigenvalue weighted by Crippen LogP contribution is -2.32. The molecule has 0 aliphatic carbocycles. The van der Waals surface area contributed by atoms with Crippen LogP contribution in [-0.4, -0.2) is 40.2 Å². The van der Waals surface area contributed by atoms with Crippen LogP contribution in [0.15, 0.2) is 51.1 Å². The van der Waals surface area contributed by atoms with Gasteiger partial charge < -0.3 is 24.5 Å². The van der Waals surface area contributed by atoms with Crippen molar-refractivity contribution in [1.82, 2.24) is 14.6 Å². The molecule has 0 amide bonds. The van der Waals surface area contributed by atoms with Crippen LogP contribution >= 0.6 is 0 Å². The number of H-pyrrole nitrogens is 2. The quantitative estimate of drug-likeness (QED) is 0.466. The molecule has 9 heteroatoms. The highest BCUT2D eigenvalue weighted by Crippen LogP contribution is 2.26. The lowest BCUT2D eigenvalue weighted by molar-refractivity contribution is 0.373. The summed E-state index contributed by atoms with van der Waals surface area (Å²) in [5, 5.41) is 14.3. The molecule has 4 aromatic rings. The summed E-state index contributed by atoms with van der Waals surface area (Å²) in [6.07, 6.45) is 1.33. The molecule has 9 nitrogen and oxygen atoms in total. The molecule has 2 aromatic heterocycles. The number of rotatable bonds is 4. The SMILES string of the molecule is COc1ccc2c(c1)[nH]c1c(=O)n(/N=C/c3ccc(O)c(OC)c3)c(=O)[nH]c12. The zero-order valence-corrected chi connectivity index (χ0v) is 15.0. The lowest BCUT2D eigenvalue weighted by Gasteiger charge is -2.03. The standard InChI is InChI=1S/C19H16N4O5/c1-27-11-4-5-12-13(8-11)21-17-16(12)22-19(26)23(18(17)25)20-9-10-3-6-14(24)15(7-10)28-2/h3-9,21,24H,1-2H3,(H,22,26)/b20-9+. The van der Waals surface area contributed by atoms with Crippen LogP contribution in [0.1, 0.15) is 5.56 Å². The number of methoxy groups -OCH3 is 2. The molecule has 3 N–H and O–H groups in total. The van der Waals surface area contributed by atoms with Gasteiger partial charge in [-0.2, -0.15) is 5.10 Å². The average Bonchev–Trinajstić information content (AvgIpc) is 3.06. The summed E-state index contributed by atoms with van der Waals surface area (Å²) in [6.45, 7) is 0. The Balaban J connectivity index is 1.84. The number of phenols is 1. The topological polar surface area (TPSA) is 122 Å². The fourth-order valence-corrected chi connectivity index (χ4v) is 2.96. The molecule has 0 atom stereocenters. The smallest absolute Gasteiger partial charge is 0.350 e. The molecule has 28 heavy (non-hydrogen) atoms. The largest absolute Gasteiger partial charge is 0.504 e. The number of aromatic hydroxyl groups is 1. The van der Waals surface area contributed by atoms with Gasteiger partial charge in [0, 0.05) is 11.5 Å². The van der Waals surface area contributed by atoms with E-state index >= 15 is 0 Å². The molecule has 0 aliphatic heterocycles. The Morgan fingerprint density at radius 1 is 1.04 bits per heavy atom. The number of aromatic amines is 2. The van der Waals surface area contributed by atoms with Crippen molar-refractivity contribution in [2.24, 2.45) is 5.10 Å². The van der Waals surface area contributed by atoms with E-state index in [1.165, 1.54) is 25.5 Å². The second kappa shape index (κ2) is 6.62. The predicted octanol–water partition coefficient (Wildman–Crippen LogP) is 1.78. The van der Waals surface area contributed by atoms with Gasteiger partial charge in [-0.25, -0.2) is 4.79 Å². The maximum atomic E-state index is 12.8. The highest BCUT2D eigenvalue weighted by molar-refractivity contribution is 6.04. The number of fused-ring (bicyclic) bond motifs is 3. The Morgan fingerprint density at radius 2 is 1.86 bits per heavy atom. The van der Waals surface area contributed by atoms with Crippen molar-refractivity contribution >= 4 is 28.2 Å². The van der Waals surface area contributed by atoms with Crippen molar-refractivity contribution in [1.29, 1.82) is 0 Å². The predicted molar refractivity (Wildman–Crippen MR) is 105 cm³/mol. The van der Waals surface area contributed by atoms with Crippen LogP contribution in [0.5, 0.6) is 17.2 Å². The van der Waals surface area contributed by atoms with Crippen molar-refractivity contribution in [2.45, 2.75) is 0 Å². The van der Waals surface area contributed by atoms with E-state index in [-0.39, 0.29) is 17.0 Å². The van der Waals surface area contributed by atoms with Crippen LogP contribution in [0.25, 0.3) is 21.9 Å². The molecule has 0 spiro atoms. The number of aromatic nitrogens is 3. The lowest BCUT2D eigenvalue weighted by atomic mass is 10.2. The average molecular weight is 380 g/mol. The number of benzene rings is 2. The molecule has 0 saturated heterocycles. The monoisotopic (exact) mass is 380 g/mol. The van der Waals surface area contributed by atoms with Gasteiger partial charge in [-0.15, -0.1) is 4.68 Å². The number of hydrogen-bond donors (Lipinski definition) is 3. The summed E-state index contributed by atoms with van der Waals surface area (Å²) < 4.78 is 10.9. The fourth-order valence-electron chi connectivity index (χ4n) is 2.96. The molecule has 2 heterocycles. The van der Waals surface area contributed by atoms with E-state index in [0.29, 0.717) is 27.7 Å². The second-order valence-electron chi connectivity index (χ2n) is 6.01. The Bertz CT molecular complexity index is 1350. The van der Waals surface area contributed by atoms with E-state index in [2.05, 4.69) is 15.1 Å². The molecule has 142 valence electrons. The van der Waals surface area contributed by atoms with Crippen LogP contribution in [0.2, 0.25) is 0 Å². The number of phenolic OH excluding ortho intramolecular Hbond substituents is 1. The minimum Gasteiger partial charge on any atom is -0.504 e. The van der Waals surface area contributed by atoms with Gasteiger partial charge in [0.1, 0.15) is 11.3 Å². The molecule has 0 unspecified atom stereocenters. The first-order valence-corrected chi connectivity index (χ1v) is 8.28. The van der Waals surface area contributed by atoms with E-state index < -0.39 is 11.2 Å². The zero-order valence-electron chi connectivity index (χ0n) is 15.0. The first-order valence-electron chi connectivity index (χ1n) is 8.28. The van der Waals surface area contributed by atoms with Gasteiger partial charge in [-0.1, -0.05) is 0 Å². The van der Waals surface area contributed by atoms with Crippen LogP contribution in [0.3, 0.4) is 0 Å². The van der Waals surface area contributed by atoms with Gasteiger partial charge in [0.05, 0.1) is 31.5 Å². The highest BCUT2D eigenvalue weighted by atomic mass is 16.5. The number of ether oxygens (including phenoxy) is 2. The highest BCUT2D eigenvalue weighted by Gasteiger charge is 2.13. The van der Waals surface area contributed by atoms with E-state index in [1.54, 1.807) is 31.4 Å². The summed E-state index contributed by atoms with van der Waals surface area (Å²) in [5.41, 5.74) is 0.579. The number of nitrogens with one attached hydrogen (secondary N) is 2. The Kier molecular flexibility index (Phi) is 4.11. The molecule has 0 fully saturated rings. The summed E-state index contributed by atoms with van der Waals surface area (Å²) in [6, 6.07) is 9.79. The Labute approximate surface area is 157 Å². The Hall–Kier alpha value is -4.01. The van der Waals surface area contributed by atoms with E-state index in [1.807, 2.05) is 0 Å². The van der Waals surface area contributed by atoms with Gasteiger partial charge >= 0.3 is 11.2 Å². The molecule has 0 aliphatic rings. The summed E-state index contributed by atoms with van der Waals surface area (Å²) in [5.74, 6) is 0.857. The number of hydrogen-bond acceptors (Lipinski definition) is 6. The van der Waals surface area contributed by atoms with Gasteiger partial charge in [-0.3, -0.25) is 4.79 Å². The zero-order chi connectivity index (χ0) is 19.8. The molecule has 4 rings (SSSR count). The van der Waals surface area contributed by atoms with Crippen LogP contribution in [0, 0.1) is 0 Å². The fraction of sp³-hybridized carbons (Fsp3) is 0.105. The van der Waals surface area contributed by atoms with Crippen molar-refractivity contribution in [2.75, 3.05) is 14.2 Å². The summed E-state index contributed by atoms with van der Waals surface area (Å²) in [4.78, 5) is 30.9. The van der Waals surface area contributed by atoms with Crippen molar-refractivity contribution in [3.8, 4) is 17.2 Å². The summed E-state index contributed by atoms with van der Waals surface area (Å²) in [7, 11) is 2.97. The van der Waals surface area contributed by atoms with Gasteiger partial charge in [0.15, 0.2) is 11.5 Å². The van der Waals surface area contributed by atoms with E-state index in [9.17, 15) is 14.7 Å². The van der Waals surface area contributed by atoms with Gasteiger partial charge in [-0.05, 0) is 35.9 Å². The summed E-state index contributed by atoms with van der Waals surface area (Å²) >= 11 is 0. The third-order valence-electron chi connectivity index (χ3n) is 4.36. The third-order valence-corrected chi connectivity index (χ3v) is 4.36. The minimum atomic E-state index is -0.670. The first-order chi connectivity index (χ1) is 13.5. The molecular weight excluding hydrogens is 364 g/mol. The third kappa shape index (κ3) is 2.78. The molecule has 2 aromatic carbocycles. The molecular formula is C19H16N4O5. The van der Waals surface area contributed by atoms with E-state index in [4.69, 9.17) is 9.47 Å². The second-order valence-corrected chi connectivity index (χ2v) is 6.01. The molecule has 0 radical (unpaired) electrons. The maximum Gasteiger partial charge on any atom is 0.350 e. The Morgan fingerprint density at radius 3 is 2.61 bits per heavy atom. The van der Waals surface area contributed by atoms with E-state index in [0.717, 1.165) is 4.68 Å². The van der Waals surface area contributed by atoms with Crippen LogP contribution < -0.4 is 20.7 Å². The first kappa shape index (κ1) is 17.4. The van der Waals surface area contributed by atoms with Crippen LogP contribution in [0.4, 0.5) is 0 Å². The molecule has 0 bridgehead atoms. The van der Waals surface area contributed by atoms with Crippen molar-refractivity contribution in [3.05, 3.63) is 62.8 Å². The minimum absolute atomic E-state index is 0.0235.